The molecule has 3 rings (SSSR count). The molecular weight excluding hydrogens is 282 g/mol. The summed E-state index contributed by atoms with van der Waals surface area (Å²) < 4.78 is 2.36. The first kappa shape index (κ1) is 14.9. The lowest BCUT2D eigenvalue weighted by Crippen LogP contribution is -2.43. The van der Waals surface area contributed by atoms with Gasteiger partial charge in [-0.3, -0.25) is 4.90 Å². The maximum atomic E-state index is 6.21. The summed E-state index contributed by atoms with van der Waals surface area (Å²) in [6.07, 6.45) is 2.31. The van der Waals surface area contributed by atoms with Crippen LogP contribution < -0.4 is 0 Å². The molecule has 4 heteroatoms. The number of rotatable bonds is 3. The summed E-state index contributed by atoms with van der Waals surface area (Å²) in [6.45, 7) is 10.1. The normalized spacial score (nSPS) is 18.0. The number of fused-ring (bicyclic) bond motifs is 1. The molecule has 0 saturated carbocycles. The standard InChI is InChI=1S/C17H24ClN3/c1-13(2)21-12-14(11-20-8-6-19(3)7-9-20)16-10-15(18)4-5-17(16)21/h4-5,10,12-13H,6-9,11H2,1-3H3. The second kappa shape index (κ2) is 5.99. The third-order valence-corrected chi connectivity index (χ3v) is 4.66. The van der Waals surface area contributed by atoms with Gasteiger partial charge in [-0.05, 0) is 44.7 Å². The second-order valence-electron chi connectivity index (χ2n) is 6.40. The van der Waals surface area contributed by atoms with E-state index < -0.39 is 0 Å². The number of hydrogen-bond donors (Lipinski definition) is 0. The molecule has 0 radical (unpaired) electrons. The van der Waals surface area contributed by atoms with Crippen molar-refractivity contribution >= 4 is 22.5 Å². The molecule has 0 atom stereocenters. The Hall–Kier alpha value is -1.03. The Balaban J connectivity index is 1.92. The lowest BCUT2D eigenvalue weighted by Gasteiger charge is -2.32. The van der Waals surface area contributed by atoms with Crippen LogP contribution in [0.5, 0.6) is 0 Å². The van der Waals surface area contributed by atoms with Crippen molar-refractivity contribution in [3.8, 4) is 0 Å². The maximum absolute atomic E-state index is 6.21. The Morgan fingerprint density at radius 3 is 2.52 bits per heavy atom. The molecule has 1 aliphatic heterocycles. The molecule has 1 aliphatic rings. The largest absolute Gasteiger partial charge is 0.345 e. The fourth-order valence-electron chi connectivity index (χ4n) is 3.10. The van der Waals surface area contributed by atoms with E-state index >= 15 is 0 Å². The van der Waals surface area contributed by atoms with Crippen LogP contribution in [0.3, 0.4) is 0 Å². The zero-order chi connectivity index (χ0) is 15.0. The monoisotopic (exact) mass is 305 g/mol. The van der Waals surface area contributed by atoms with Gasteiger partial charge >= 0.3 is 0 Å². The summed E-state index contributed by atoms with van der Waals surface area (Å²) in [5, 5.41) is 2.12. The van der Waals surface area contributed by atoms with E-state index in [2.05, 4.69) is 53.6 Å². The topological polar surface area (TPSA) is 11.4 Å². The van der Waals surface area contributed by atoms with Gasteiger partial charge in [0.1, 0.15) is 0 Å². The molecule has 2 heterocycles. The fourth-order valence-corrected chi connectivity index (χ4v) is 3.27. The smallest absolute Gasteiger partial charge is 0.0487 e. The third kappa shape index (κ3) is 3.10. The quantitative estimate of drug-likeness (QED) is 0.858. The Bertz CT molecular complexity index is 624. The van der Waals surface area contributed by atoms with Crippen LogP contribution in [-0.4, -0.2) is 47.6 Å². The molecule has 0 bridgehead atoms. The molecule has 0 N–H and O–H groups in total. The number of nitrogens with zero attached hydrogens (tertiary/aromatic N) is 3. The summed E-state index contributed by atoms with van der Waals surface area (Å²) in [5.41, 5.74) is 2.68. The molecule has 1 aromatic carbocycles. The first-order chi connectivity index (χ1) is 10.0. The first-order valence-corrected chi connectivity index (χ1v) is 8.12. The first-order valence-electron chi connectivity index (χ1n) is 7.74. The van der Waals surface area contributed by atoms with Crippen molar-refractivity contribution in [1.82, 2.24) is 14.4 Å². The Morgan fingerprint density at radius 2 is 1.86 bits per heavy atom. The van der Waals surface area contributed by atoms with Crippen molar-refractivity contribution in [2.75, 3.05) is 33.2 Å². The molecule has 2 aromatic rings. The highest BCUT2D eigenvalue weighted by atomic mass is 35.5. The number of benzene rings is 1. The van der Waals surface area contributed by atoms with Gasteiger partial charge in [0, 0.05) is 60.9 Å². The molecule has 3 nitrogen and oxygen atoms in total. The average Bonchev–Trinajstić information content (AvgIpc) is 2.80. The highest BCUT2D eigenvalue weighted by Crippen LogP contribution is 2.28. The van der Waals surface area contributed by atoms with Gasteiger partial charge in [-0.15, -0.1) is 0 Å². The zero-order valence-electron chi connectivity index (χ0n) is 13.1. The molecule has 114 valence electrons. The van der Waals surface area contributed by atoms with E-state index in [-0.39, 0.29) is 0 Å². The average molecular weight is 306 g/mol. The van der Waals surface area contributed by atoms with Gasteiger partial charge in [-0.2, -0.15) is 0 Å². The molecular formula is C17H24ClN3. The molecule has 0 unspecified atom stereocenters. The van der Waals surface area contributed by atoms with Gasteiger partial charge < -0.3 is 9.47 Å². The molecule has 1 aromatic heterocycles. The van der Waals surface area contributed by atoms with E-state index in [9.17, 15) is 0 Å². The van der Waals surface area contributed by atoms with Crippen LogP contribution in [-0.2, 0) is 6.54 Å². The summed E-state index contributed by atoms with van der Waals surface area (Å²) in [7, 11) is 2.20. The highest BCUT2D eigenvalue weighted by molar-refractivity contribution is 6.31. The predicted molar refractivity (Wildman–Crippen MR) is 90.1 cm³/mol. The van der Waals surface area contributed by atoms with E-state index in [0.717, 1.165) is 37.7 Å². The van der Waals surface area contributed by atoms with E-state index in [0.29, 0.717) is 6.04 Å². The van der Waals surface area contributed by atoms with Crippen molar-refractivity contribution in [3.05, 3.63) is 35.0 Å². The Labute approximate surface area is 132 Å². The van der Waals surface area contributed by atoms with Gasteiger partial charge in [0.05, 0.1) is 0 Å². The van der Waals surface area contributed by atoms with Crippen molar-refractivity contribution in [2.24, 2.45) is 0 Å². The molecule has 0 spiro atoms. The molecule has 21 heavy (non-hydrogen) atoms. The number of halogens is 1. The van der Waals surface area contributed by atoms with E-state index in [4.69, 9.17) is 11.6 Å². The van der Waals surface area contributed by atoms with Crippen molar-refractivity contribution in [3.63, 3.8) is 0 Å². The van der Waals surface area contributed by atoms with Crippen LogP contribution in [0, 0.1) is 0 Å². The number of hydrogen-bond acceptors (Lipinski definition) is 2. The second-order valence-corrected chi connectivity index (χ2v) is 6.83. The minimum Gasteiger partial charge on any atom is -0.345 e. The zero-order valence-corrected chi connectivity index (χ0v) is 13.9. The van der Waals surface area contributed by atoms with Crippen LogP contribution in [0.25, 0.3) is 10.9 Å². The van der Waals surface area contributed by atoms with Crippen molar-refractivity contribution < 1.29 is 0 Å². The predicted octanol–water partition coefficient (Wildman–Crippen LogP) is 3.62. The number of likely N-dealkylation sites (N-methyl/N-ethyl adjacent to an activating group) is 1. The maximum Gasteiger partial charge on any atom is 0.0487 e. The molecule has 1 saturated heterocycles. The van der Waals surface area contributed by atoms with Gasteiger partial charge in [0.15, 0.2) is 0 Å². The molecule has 1 fully saturated rings. The van der Waals surface area contributed by atoms with Crippen LogP contribution in [0.15, 0.2) is 24.4 Å². The highest BCUT2D eigenvalue weighted by Gasteiger charge is 2.17. The van der Waals surface area contributed by atoms with Gasteiger partial charge in [-0.1, -0.05) is 11.6 Å². The van der Waals surface area contributed by atoms with Gasteiger partial charge in [0.25, 0.3) is 0 Å². The van der Waals surface area contributed by atoms with Gasteiger partial charge in [-0.25, -0.2) is 0 Å². The third-order valence-electron chi connectivity index (χ3n) is 4.42. The van der Waals surface area contributed by atoms with Crippen LogP contribution in [0.4, 0.5) is 0 Å². The Kier molecular flexibility index (Phi) is 4.25. The lowest BCUT2D eigenvalue weighted by molar-refractivity contribution is 0.148. The van der Waals surface area contributed by atoms with Crippen LogP contribution >= 0.6 is 11.6 Å². The Morgan fingerprint density at radius 1 is 1.14 bits per heavy atom. The minimum absolute atomic E-state index is 0.468. The SMILES string of the molecule is CC(C)n1cc(CN2CCN(C)CC2)c2cc(Cl)ccc21. The lowest BCUT2D eigenvalue weighted by atomic mass is 10.1. The summed E-state index contributed by atoms with van der Waals surface area (Å²) in [4.78, 5) is 4.94. The summed E-state index contributed by atoms with van der Waals surface area (Å²) in [5.74, 6) is 0. The van der Waals surface area contributed by atoms with Crippen molar-refractivity contribution in [2.45, 2.75) is 26.4 Å². The van der Waals surface area contributed by atoms with E-state index in [1.807, 2.05) is 6.07 Å². The molecule has 0 amide bonds. The van der Waals surface area contributed by atoms with E-state index in [1.54, 1.807) is 0 Å². The summed E-state index contributed by atoms with van der Waals surface area (Å²) in [6, 6.07) is 6.71. The minimum atomic E-state index is 0.468. The van der Waals surface area contributed by atoms with E-state index in [1.165, 1.54) is 16.5 Å². The number of aromatic nitrogens is 1. The van der Waals surface area contributed by atoms with Gasteiger partial charge in [0.2, 0.25) is 0 Å². The van der Waals surface area contributed by atoms with Crippen molar-refractivity contribution in [1.29, 1.82) is 0 Å². The van der Waals surface area contributed by atoms with Crippen LogP contribution in [0.2, 0.25) is 5.02 Å². The fraction of sp³-hybridized carbons (Fsp3) is 0.529. The van der Waals surface area contributed by atoms with Crippen LogP contribution in [0.1, 0.15) is 25.5 Å². The molecule has 0 aliphatic carbocycles. The number of piperazine rings is 1. The summed E-state index contributed by atoms with van der Waals surface area (Å²) >= 11 is 6.21.